The van der Waals surface area contributed by atoms with Crippen molar-refractivity contribution < 1.29 is 24.3 Å². The summed E-state index contributed by atoms with van der Waals surface area (Å²) in [6.45, 7) is 4.11. The SMILES string of the molecule is CC(C)CC(NC(=O)C1CCCN1C(=O)C(N)CCC(N)=O)C(=O)O. The highest BCUT2D eigenvalue weighted by Crippen LogP contribution is 2.19. The standard InChI is InChI=1S/C16H28N4O5/c1-9(2)8-11(16(24)25)19-14(22)12-4-3-7-20(12)15(23)10(17)5-6-13(18)21/h9-12H,3-8,17H2,1-2H3,(H2,18,21)(H,19,22)(H,24,25). The maximum absolute atomic E-state index is 12.5. The molecule has 0 spiro atoms. The lowest BCUT2D eigenvalue weighted by atomic mass is 10.0. The van der Waals surface area contributed by atoms with Crippen molar-refractivity contribution in [1.82, 2.24) is 10.2 Å². The van der Waals surface area contributed by atoms with E-state index in [1.165, 1.54) is 4.90 Å². The molecule has 1 aliphatic heterocycles. The molecule has 9 heteroatoms. The van der Waals surface area contributed by atoms with E-state index < -0.39 is 41.8 Å². The molecule has 1 fully saturated rings. The third kappa shape index (κ3) is 6.33. The molecule has 0 bridgehead atoms. The predicted molar refractivity (Wildman–Crippen MR) is 90.2 cm³/mol. The number of rotatable bonds is 9. The molecule has 1 saturated heterocycles. The molecular formula is C16H28N4O5. The Labute approximate surface area is 147 Å². The first kappa shape index (κ1) is 20.9. The molecule has 142 valence electrons. The van der Waals surface area contributed by atoms with Crippen LogP contribution < -0.4 is 16.8 Å². The Balaban J connectivity index is 2.72. The normalized spacial score (nSPS) is 19.5. The van der Waals surface area contributed by atoms with Gasteiger partial charge in [-0.15, -0.1) is 0 Å². The van der Waals surface area contributed by atoms with Gasteiger partial charge < -0.3 is 26.8 Å². The lowest BCUT2D eigenvalue weighted by molar-refractivity contribution is -0.144. The van der Waals surface area contributed by atoms with Crippen LogP contribution >= 0.6 is 0 Å². The molecule has 1 rings (SSSR count). The maximum atomic E-state index is 12.5. The number of carbonyl (C=O) groups excluding carboxylic acids is 3. The molecule has 0 saturated carbocycles. The van der Waals surface area contributed by atoms with Crippen LogP contribution in [-0.4, -0.2) is 58.4 Å². The van der Waals surface area contributed by atoms with Gasteiger partial charge in [-0.1, -0.05) is 13.8 Å². The first-order valence-corrected chi connectivity index (χ1v) is 8.51. The molecule has 0 aromatic rings. The van der Waals surface area contributed by atoms with Gasteiger partial charge in [0.2, 0.25) is 17.7 Å². The molecule has 3 atom stereocenters. The molecule has 1 aliphatic rings. The lowest BCUT2D eigenvalue weighted by Crippen LogP contribution is -2.54. The third-order valence-corrected chi connectivity index (χ3v) is 4.18. The largest absolute Gasteiger partial charge is 0.480 e. The number of carboxylic acid groups (broad SMARTS) is 1. The quantitative estimate of drug-likeness (QED) is 0.423. The molecule has 25 heavy (non-hydrogen) atoms. The highest BCUT2D eigenvalue weighted by Gasteiger charge is 2.37. The summed E-state index contributed by atoms with van der Waals surface area (Å²) < 4.78 is 0. The van der Waals surface area contributed by atoms with Crippen LogP contribution in [0.5, 0.6) is 0 Å². The number of aliphatic carboxylic acids is 1. The van der Waals surface area contributed by atoms with E-state index in [2.05, 4.69) is 5.32 Å². The van der Waals surface area contributed by atoms with Crippen molar-refractivity contribution in [3.05, 3.63) is 0 Å². The number of amides is 3. The Bertz CT molecular complexity index is 523. The molecule has 0 radical (unpaired) electrons. The second-order valence-corrected chi connectivity index (χ2v) is 6.83. The van der Waals surface area contributed by atoms with Gasteiger partial charge >= 0.3 is 5.97 Å². The first-order chi connectivity index (χ1) is 11.6. The van der Waals surface area contributed by atoms with Crippen molar-refractivity contribution in [2.45, 2.75) is 64.1 Å². The summed E-state index contributed by atoms with van der Waals surface area (Å²) in [4.78, 5) is 48.4. The van der Waals surface area contributed by atoms with Gasteiger partial charge in [-0.25, -0.2) is 4.79 Å². The highest BCUT2D eigenvalue weighted by atomic mass is 16.4. The van der Waals surface area contributed by atoms with E-state index in [1.807, 2.05) is 13.8 Å². The summed E-state index contributed by atoms with van der Waals surface area (Å²) in [7, 11) is 0. The van der Waals surface area contributed by atoms with Gasteiger partial charge in [0.25, 0.3) is 0 Å². The number of hydrogen-bond acceptors (Lipinski definition) is 5. The number of nitrogens with zero attached hydrogens (tertiary/aromatic N) is 1. The van der Waals surface area contributed by atoms with Gasteiger partial charge in [0.05, 0.1) is 6.04 Å². The van der Waals surface area contributed by atoms with Gasteiger partial charge in [0.15, 0.2) is 0 Å². The number of hydrogen-bond donors (Lipinski definition) is 4. The lowest BCUT2D eigenvalue weighted by Gasteiger charge is -2.28. The second kappa shape index (κ2) is 9.36. The van der Waals surface area contributed by atoms with Crippen LogP contribution in [-0.2, 0) is 19.2 Å². The fourth-order valence-electron chi connectivity index (χ4n) is 2.90. The van der Waals surface area contributed by atoms with E-state index >= 15 is 0 Å². The van der Waals surface area contributed by atoms with E-state index in [4.69, 9.17) is 11.5 Å². The maximum Gasteiger partial charge on any atom is 0.326 e. The van der Waals surface area contributed by atoms with E-state index in [9.17, 15) is 24.3 Å². The van der Waals surface area contributed by atoms with Crippen LogP contribution in [0, 0.1) is 5.92 Å². The predicted octanol–water partition coefficient (Wildman–Crippen LogP) is -0.814. The molecule has 9 nitrogen and oxygen atoms in total. The summed E-state index contributed by atoms with van der Waals surface area (Å²) in [6.07, 6.45) is 1.50. The molecule has 0 aliphatic carbocycles. The summed E-state index contributed by atoms with van der Waals surface area (Å²) >= 11 is 0. The fourth-order valence-corrected chi connectivity index (χ4v) is 2.90. The van der Waals surface area contributed by atoms with Gasteiger partial charge in [0.1, 0.15) is 12.1 Å². The number of nitrogens with one attached hydrogen (secondary N) is 1. The number of carbonyl (C=O) groups is 4. The summed E-state index contributed by atoms with van der Waals surface area (Å²) in [5.74, 6) is -2.45. The number of likely N-dealkylation sites (tertiary alicyclic amines) is 1. The number of carboxylic acids is 1. The van der Waals surface area contributed by atoms with Crippen molar-refractivity contribution in [2.75, 3.05) is 6.54 Å². The molecule has 3 amide bonds. The molecular weight excluding hydrogens is 328 g/mol. The van der Waals surface area contributed by atoms with E-state index in [0.717, 1.165) is 0 Å². The zero-order chi connectivity index (χ0) is 19.1. The summed E-state index contributed by atoms with van der Waals surface area (Å²) in [5, 5.41) is 11.8. The van der Waals surface area contributed by atoms with Crippen LogP contribution in [0.25, 0.3) is 0 Å². The molecule has 0 aromatic heterocycles. The van der Waals surface area contributed by atoms with Crippen molar-refractivity contribution in [3.63, 3.8) is 0 Å². The average Bonchev–Trinajstić information content (AvgIpc) is 3.00. The molecule has 3 unspecified atom stereocenters. The topological polar surface area (TPSA) is 156 Å². The van der Waals surface area contributed by atoms with Gasteiger partial charge in [0, 0.05) is 13.0 Å². The highest BCUT2D eigenvalue weighted by molar-refractivity contribution is 5.92. The number of nitrogens with two attached hydrogens (primary N) is 2. The molecule has 1 heterocycles. The van der Waals surface area contributed by atoms with Crippen LogP contribution in [0.2, 0.25) is 0 Å². The van der Waals surface area contributed by atoms with E-state index in [1.54, 1.807) is 0 Å². The smallest absolute Gasteiger partial charge is 0.326 e. The van der Waals surface area contributed by atoms with E-state index in [0.29, 0.717) is 25.8 Å². The Morgan fingerprint density at radius 1 is 1.28 bits per heavy atom. The number of primary amides is 1. The first-order valence-electron chi connectivity index (χ1n) is 8.51. The molecule has 0 aromatic carbocycles. The van der Waals surface area contributed by atoms with Gasteiger partial charge in [-0.05, 0) is 31.6 Å². The van der Waals surface area contributed by atoms with Crippen molar-refractivity contribution in [1.29, 1.82) is 0 Å². The van der Waals surface area contributed by atoms with Crippen LogP contribution in [0.1, 0.15) is 46.0 Å². The van der Waals surface area contributed by atoms with Gasteiger partial charge in [-0.3, -0.25) is 14.4 Å². The van der Waals surface area contributed by atoms with Crippen molar-refractivity contribution in [2.24, 2.45) is 17.4 Å². The van der Waals surface area contributed by atoms with Crippen molar-refractivity contribution in [3.8, 4) is 0 Å². The van der Waals surface area contributed by atoms with E-state index in [-0.39, 0.29) is 18.8 Å². The van der Waals surface area contributed by atoms with Crippen molar-refractivity contribution >= 4 is 23.7 Å². The minimum Gasteiger partial charge on any atom is -0.480 e. The average molecular weight is 356 g/mol. The van der Waals surface area contributed by atoms with Crippen LogP contribution in [0.3, 0.4) is 0 Å². The Morgan fingerprint density at radius 2 is 1.92 bits per heavy atom. The minimum absolute atomic E-state index is 0.00686. The summed E-state index contributed by atoms with van der Waals surface area (Å²) in [5.41, 5.74) is 10.9. The fraction of sp³-hybridized carbons (Fsp3) is 0.750. The second-order valence-electron chi connectivity index (χ2n) is 6.83. The zero-order valence-corrected chi connectivity index (χ0v) is 14.7. The monoisotopic (exact) mass is 356 g/mol. The van der Waals surface area contributed by atoms with Gasteiger partial charge in [-0.2, -0.15) is 0 Å². The third-order valence-electron chi connectivity index (χ3n) is 4.18. The Morgan fingerprint density at radius 3 is 2.44 bits per heavy atom. The Hall–Kier alpha value is -2.16. The van der Waals surface area contributed by atoms with Crippen LogP contribution in [0.4, 0.5) is 0 Å². The zero-order valence-electron chi connectivity index (χ0n) is 14.7. The molecule has 6 N–H and O–H groups in total. The van der Waals surface area contributed by atoms with Crippen LogP contribution in [0.15, 0.2) is 0 Å². The summed E-state index contributed by atoms with van der Waals surface area (Å²) in [6, 6.07) is -2.64. The minimum atomic E-state index is -1.10. The Kier molecular flexibility index (Phi) is 7.82.